The van der Waals surface area contributed by atoms with Gasteiger partial charge in [-0.1, -0.05) is 47.5 Å². The summed E-state index contributed by atoms with van der Waals surface area (Å²) in [7, 11) is 3.61. The van der Waals surface area contributed by atoms with Gasteiger partial charge in [0.2, 0.25) is 4.77 Å². The van der Waals surface area contributed by atoms with Gasteiger partial charge in [-0.05, 0) is 43.0 Å². The molecule has 5 nitrogen and oxygen atoms in total. The molecule has 0 N–H and O–H groups in total. The van der Waals surface area contributed by atoms with E-state index in [1.54, 1.807) is 24.2 Å². The molecule has 0 radical (unpaired) electrons. The lowest BCUT2D eigenvalue weighted by Crippen LogP contribution is -2.22. The van der Waals surface area contributed by atoms with Gasteiger partial charge < -0.3 is 4.74 Å². The van der Waals surface area contributed by atoms with Crippen molar-refractivity contribution in [2.45, 2.75) is 13.2 Å². The van der Waals surface area contributed by atoms with Crippen LogP contribution in [0.2, 0.25) is 10.0 Å². The molecule has 2 aromatic carbocycles. The molecule has 3 rings (SSSR count). The zero-order valence-corrected chi connectivity index (χ0v) is 16.7. The zero-order valence-electron chi connectivity index (χ0n) is 14.4. The van der Waals surface area contributed by atoms with Crippen LogP contribution in [-0.2, 0) is 13.2 Å². The molecule has 136 valence electrons. The lowest BCUT2D eigenvalue weighted by Gasteiger charge is -2.17. The number of halogens is 2. The van der Waals surface area contributed by atoms with Crippen molar-refractivity contribution in [2.24, 2.45) is 0 Å². The SMILES string of the molecule is COc1ccccc1-n1cnn(CN(C)Cc2cccc(Cl)c2Cl)c1=S. The second kappa shape index (κ2) is 8.22. The summed E-state index contributed by atoms with van der Waals surface area (Å²) in [5.41, 5.74) is 1.81. The highest BCUT2D eigenvalue weighted by Crippen LogP contribution is 2.26. The van der Waals surface area contributed by atoms with Crippen molar-refractivity contribution in [1.82, 2.24) is 19.2 Å². The first-order valence-electron chi connectivity index (χ1n) is 7.90. The fraction of sp³-hybridized carbons (Fsp3) is 0.222. The minimum Gasteiger partial charge on any atom is -0.495 e. The molecule has 0 aliphatic carbocycles. The van der Waals surface area contributed by atoms with E-state index in [1.807, 2.05) is 48.0 Å². The van der Waals surface area contributed by atoms with E-state index in [9.17, 15) is 0 Å². The number of benzene rings is 2. The second-order valence-corrected chi connectivity index (χ2v) is 6.97. The zero-order chi connectivity index (χ0) is 18.7. The van der Waals surface area contributed by atoms with Crippen LogP contribution in [0.1, 0.15) is 5.56 Å². The minimum atomic E-state index is 0.518. The predicted octanol–water partition coefficient (Wildman–Crippen LogP) is 4.81. The van der Waals surface area contributed by atoms with Crippen LogP contribution < -0.4 is 4.74 Å². The van der Waals surface area contributed by atoms with E-state index >= 15 is 0 Å². The van der Waals surface area contributed by atoms with Gasteiger partial charge in [0.15, 0.2) is 0 Å². The Morgan fingerprint density at radius 2 is 1.92 bits per heavy atom. The van der Waals surface area contributed by atoms with E-state index in [-0.39, 0.29) is 0 Å². The number of methoxy groups -OCH3 is 1. The standard InChI is InChI=1S/C18H18Cl2N4OS/c1-22(10-13-6-5-7-14(19)17(13)20)12-24-18(26)23(11-21-24)15-8-3-4-9-16(15)25-2/h3-9,11H,10,12H2,1-2H3. The first-order chi connectivity index (χ1) is 12.5. The molecule has 1 heterocycles. The molecule has 0 aliphatic rings. The smallest absolute Gasteiger partial charge is 0.203 e. The summed E-state index contributed by atoms with van der Waals surface area (Å²) in [5, 5.41) is 5.53. The predicted molar refractivity (Wildman–Crippen MR) is 107 cm³/mol. The summed E-state index contributed by atoms with van der Waals surface area (Å²) in [6.45, 7) is 1.15. The van der Waals surface area contributed by atoms with Crippen molar-refractivity contribution < 1.29 is 4.74 Å². The van der Waals surface area contributed by atoms with Gasteiger partial charge >= 0.3 is 0 Å². The molecule has 8 heteroatoms. The number of aromatic nitrogens is 3. The summed E-state index contributed by atoms with van der Waals surface area (Å²) in [6.07, 6.45) is 1.69. The lowest BCUT2D eigenvalue weighted by atomic mass is 10.2. The molecule has 3 aromatic rings. The summed E-state index contributed by atoms with van der Waals surface area (Å²) in [4.78, 5) is 2.06. The van der Waals surface area contributed by atoms with Gasteiger partial charge in [0.05, 0.1) is 29.5 Å². The van der Waals surface area contributed by atoms with E-state index in [0.29, 0.717) is 28.0 Å². The Hall–Kier alpha value is -1.86. The maximum absolute atomic E-state index is 6.27. The quantitative estimate of drug-likeness (QED) is 0.548. The van der Waals surface area contributed by atoms with Crippen molar-refractivity contribution in [3.05, 3.63) is 69.2 Å². The van der Waals surface area contributed by atoms with E-state index in [2.05, 4.69) is 10.00 Å². The molecule has 0 spiro atoms. The highest BCUT2D eigenvalue weighted by Gasteiger charge is 2.11. The highest BCUT2D eigenvalue weighted by atomic mass is 35.5. The van der Waals surface area contributed by atoms with Crippen LogP contribution in [0, 0.1) is 4.77 Å². The van der Waals surface area contributed by atoms with E-state index in [0.717, 1.165) is 17.0 Å². The number of nitrogens with zero attached hydrogens (tertiary/aromatic N) is 4. The van der Waals surface area contributed by atoms with Crippen LogP contribution >= 0.6 is 35.4 Å². The highest BCUT2D eigenvalue weighted by molar-refractivity contribution is 7.71. The van der Waals surface area contributed by atoms with Crippen LogP contribution in [-0.4, -0.2) is 33.4 Å². The van der Waals surface area contributed by atoms with Crippen molar-refractivity contribution in [3.8, 4) is 11.4 Å². The third-order valence-electron chi connectivity index (χ3n) is 3.93. The topological polar surface area (TPSA) is 35.2 Å². The second-order valence-electron chi connectivity index (χ2n) is 5.82. The molecule has 0 aliphatic heterocycles. The number of hydrogen-bond acceptors (Lipinski definition) is 4. The van der Waals surface area contributed by atoms with Gasteiger partial charge in [0, 0.05) is 6.54 Å². The van der Waals surface area contributed by atoms with Crippen LogP contribution in [0.3, 0.4) is 0 Å². The van der Waals surface area contributed by atoms with Gasteiger partial charge in [-0.3, -0.25) is 9.47 Å². The molecule has 0 fully saturated rings. The molecule has 0 amide bonds. The molecular formula is C18H18Cl2N4OS. The Balaban J connectivity index is 1.80. The molecule has 0 atom stereocenters. The minimum absolute atomic E-state index is 0.518. The Morgan fingerprint density at radius 3 is 2.69 bits per heavy atom. The Kier molecular flexibility index (Phi) is 5.98. The number of hydrogen-bond donors (Lipinski definition) is 0. The van der Waals surface area contributed by atoms with Gasteiger partial charge in [0.25, 0.3) is 0 Å². The van der Waals surface area contributed by atoms with Crippen molar-refractivity contribution in [2.75, 3.05) is 14.2 Å². The van der Waals surface area contributed by atoms with Crippen LogP contribution in [0.5, 0.6) is 5.75 Å². The Morgan fingerprint density at radius 1 is 1.15 bits per heavy atom. The van der Waals surface area contributed by atoms with E-state index in [4.69, 9.17) is 40.2 Å². The largest absolute Gasteiger partial charge is 0.495 e. The maximum Gasteiger partial charge on any atom is 0.203 e. The number of rotatable bonds is 6. The average molecular weight is 409 g/mol. The van der Waals surface area contributed by atoms with Crippen molar-refractivity contribution in [3.63, 3.8) is 0 Å². The van der Waals surface area contributed by atoms with Crippen molar-refractivity contribution in [1.29, 1.82) is 0 Å². The Labute approximate surface area is 167 Å². The number of ether oxygens (including phenoxy) is 1. The summed E-state index contributed by atoms with van der Waals surface area (Å²) in [6, 6.07) is 13.3. The molecule has 0 saturated carbocycles. The van der Waals surface area contributed by atoms with Gasteiger partial charge in [-0.2, -0.15) is 5.10 Å². The summed E-state index contributed by atoms with van der Waals surface area (Å²) >= 11 is 17.9. The van der Waals surface area contributed by atoms with Gasteiger partial charge in [0.1, 0.15) is 12.1 Å². The van der Waals surface area contributed by atoms with E-state index < -0.39 is 0 Å². The third-order valence-corrected chi connectivity index (χ3v) is 5.19. The Bertz CT molecular complexity index is 970. The maximum atomic E-state index is 6.27. The lowest BCUT2D eigenvalue weighted by molar-refractivity contribution is 0.244. The number of para-hydroxylation sites is 2. The molecule has 0 saturated heterocycles. The molecular weight excluding hydrogens is 391 g/mol. The van der Waals surface area contributed by atoms with Gasteiger partial charge in [-0.25, -0.2) is 4.68 Å². The van der Waals surface area contributed by atoms with Crippen LogP contribution in [0.15, 0.2) is 48.8 Å². The summed E-state index contributed by atoms with van der Waals surface area (Å²) < 4.78 is 9.57. The van der Waals surface area contributed by atoms with Crippen molar-refractivity contribution >= 4 is 35.4 Å². The first kappa shape index (κ1) is 18.9. The molecule has 0 unspecified atom stereocenters. The summed E-state index contributed by atoms with van der Waals surface area (Å²) in [5.74, 6) is 0.738. The van der Waals surface area contributed by atoms with Gasteiger partial charge in [-0.15, -0.1) is 0 Å². The van der Waals surface area contributed by atoms with E-state index in [1.165, 1.54) is 0 Å². The van der Waals surface area contributed by atoms with Crippen LogP contribution in [0.4, 0.5) is 0 Å². The fourth-order valence-corrected chi connectivity index (χ4v) is 3.30. The monoisotopic (exact) mass is 408 g/mol. The molecule has 26 heavy (non-hydrogen) atoms. The first-order valence-corrected chi connectivity index (χ1v) is 9.07. The average Bonchev–Trinajstić information content (AvgIpc) is 2.99. The molecule has 1 aromatic heterocycles. The molecule has 0 bridgehead atoms. The van der Waals surface area contributed by atoms with Crippen LogP contribution in [0.25, 0.3) is 5.69 Å². The normalized spacial score (nSPS) is 11.1. The fourth-order valence-electron chi connectivity index (χ4n) is 2.67. The third kappa shape index (κ3) is 3.94.